The average Bonchev–Trinajstić information content (AvgIpc) is 2.79. The van der Waals surface area contributed by atoms with E-state index in [1.807, 2.05) is 0 Å². The van der Waals surface area contributed by atoms with E-state index in [1.54, 1.807) is 11.3 Å². The third-order valence-electron chi connectivity index (χ3n) is 3.25. The summed E-state index contributed by atoms with van der Waals surface area (Å²) in [6.07, 6.45) is 2.97. The molecule has 1 aromatic rings. The molecule has 0 spiro atoms. The molecule has 2 nitrogen and oxygen atoms in total. The molecule has 16 heavy (non-hydrogen) atoms. The minimum Gasteiger partial charge on any atom is -0.303 e. The van der Waals surface area contributed by atoms with Gasteiger partial charge in [0.2, 0.25) is 0 Å². The van der Waals surface area contributed by atoms with Crippen molar-refractivity contribution in [2.24, 2.45) is 5.41 Å². The summed E-state index contributed by atoms with van der Waals surface area (Å²) < 4.78 is 0. The van der Waals surface area contributed by atoms with Gasteiger partial charge >= 0.3 is 0 Å². The van der Waals surface area contributed by atoms with Gasteiger partial charge < -0.3 is 9.69 Å². The Bertz CT molecular complexity index is 304. The Balaban J connectivity index is 2.55. The van der Waals surface area contributed by atoms with Crippen LogP contribution in [0.4, 0.5) is 0 Å². The number of aldehydes is 1. The molecule has 0 bridgehead atoms. The monoisotopic (exact) mass is 239 g/mol. The molecule has 90 valence electrons. The predicted octanol–water partition coefficient (Wildman–Crippen LogP) is 3.19. The van der Waals surface area contributed by atoms with Crippen LogP contribution in [0.3, 0.4) is 0 Å². The molecular formula is C13H21NOS. The van der Waals surface area contributed by atoms with Gasteiger partial charge in [0.25, 0.3) is 0 Å². The van der Waals surface area contributed by atoms with Gasteiger partial charge in [-0.05, 0) is 31.3 Å². The van der Waals surface area contributed by atoms with Crippen LogP contribution in [0.25, 0.3) is 0 Å². The Morgan fingerprint density at radius 1 is 1.44 bits per heavy atom. The fourth-order valence-electron chi connectivity index (χ4n) is 1.94. The van der Waals surface area contributed by atoms with E-state index in [0.717, 1.165) is 32.2 Å². The molecule has 0 saturated carbocycles. The largest absolute Gasteiger partial charge is 0.303 e. The first-order chi connectivity index (χ1) is 7.65. The summed E-state index contributed by atoms with van der Waals surface area (Å²) in [4.78, 5) is 14.8. The molecule has 0 amide bonds. The van der Waals surface area contributed by atoms with Gasteiger partial charge in [-0.1, -0.05) is 19.9 Å². The quantitative estimate of drug-likeness (QED) is 0.681. The zero-order chi connectivity index (χ0) is 12.0. The second kappa shape index (κ2) is 6.16. The molecule has 0 aliphatic rings. The summed E-state index contributed by atoms with van der Waals surface area (Å²) in [6.45, 7) is 5.97. The lowest BCUT2D eigenvalue weighted by Gasteiger charge is -2.30. The minimum absolute atomic E-state index is 0.161. The highest BCUT2D eigenvalue weighted by atomic mass is 32.1. The van der Waals surface area contributed by atoms with Crippen molar-refractivity contribution in [2.45, 2.75) is 33.2 Å². The number of hydrogen-bond donors (Lipinski definition) is 0. The zero-order valence-electron chi connectivity index (χ0n) is 10.4. The molecule has 1 rings (SSSR count). The van der Waals surface area contributed by atoms with Gasteiger partial charge in [0.05, 0.1) is 0 Å². The van der Waals surface area contributed by atoms with Crippen LogP contribution in [0.5, 0.6) is 0 Å². The first kappa shape index (κ1) is 13.4. The minimum atomic E-state index is -0.161. The third-order valence-corrected chi connectivity index (χ3v) is 4.11. The van der Waals surface area contributed by atoms with Crippen LogP contribution in [0.2, 0.25) is 0 Å². The molecule has 0 radical (unpaired) electrons. The van der Waals surface area contributed by atoms with Crippen molar-refractivity contribution in [3.05, 3.63) is 22.4 Å². The summed E-state index contributed by atoms with van der Waals surface area (Å²) >= 11 is 1.77. The Morgan fingerprint density at radius 3 is 2.56 bits per heavy atom. The molecule has 3 heteroatoms. The van der Waals surface area contributed by atoms with Crippen molar-refractivity contribution in [3.63, 3.8) is 0 Å². The highest BCUT2D eigenvalue weighted by molar-refractivity contribution is 7.09. The smallest absolute Gasteiger partial charge is 0.127 e. The van der Waals surface area contributed by atoms with Crippen molar-refractivity contribution < 1.29 is 4.79 Å². The van der Waals surface area contributed by atoms with E-state index in [0.29, 0.717) is 0 Å². The van der Waals surface area contributed by atoms with Crippen LogP contribution in [0.1, 0.15) is 31.6 Å². The van der Waals surface area contributed by atoms with Gasteiger partial charge in [-0.15, -0.1) is 11.3 Å². The molecule has 0 fully saturated rings. The standard InChI is InChI=1S/C13H21NOS/c1-4-13(5-2,11-15)10-14(3)9-12-7-6-8-16-12/h6-8,11H,4-5,9-10H2,1-3H3. The van der Waals surface area contributed by atoms with Gasteiger partial charge in [0, 0.05) is 23.4 Å². The molecule has 0 N–H and O–H groups in total. The van der Waals surface area contributed by atoms with Crippen LogP contribution in [-0.4, -0.2) is 24.8 Å². The van der Waals surface area contributed by atoms with Crippen molar-refractivity contribution in [3.8, 4) is 0 Å². The highest BCUT2D eigenvalue weighted by Crippen LogP contribution is 2.25. The first-order valence-corrected chi connectivity index (χ1v) is 6.71. The molecule has 1 aromatic heterocycles. The van der Waals surface area contributed by atoms with E-state index in [9.17, 15) is 4.79 Å². The van der Waals surface area contributed by atoms with Crippen molar-refractivity contribution in [2.75, 3.05) is 13.6 Å². The molecule has 0 aliphatic carbocycles. The van der Waals surface area contributed by atoms with Crippen molar-refractivity contribution in [1.82, 2.24) is 4.90 Å². The number of nitrogens with zero attached hydrogens (tertiary/aromatic N) is 1. The second-order valence-corrected chi connectivity index (χ2v) is 5.47. The van der Waals surface area contributed by atoms with E-state index in [-0.39, 0.29) is 5.41 Å². The third kappa shape index (κ3) is 3.42. The molecule has 0 aliphatic heterocycles. The van der Waals surface area contributed by atoms with Crippen LogP contribution in [-0.2, 0) is 11.3 Å². The first-order valence-electron chi connectivity index (χ1n) is 5.83. The molecule has 0 atom stereocenters. The number of thiophene rings is 1. The van der Waals surface area contributed by atoms with Gasteiger partial charge in [0.1, 0.15) is 6.29 Å². The lowest BCUT2D eigenvalue weighted by Crippen LogP contribution is -2.35. The van der Waals surface area contributed by atoms with Gasteiger partial charge in [-0.3, -0.25) is 0 Å². The van der Waals surface area contributed by atoms with Crippen LogP contribution in [0, 0.1) is 5.41 Å². The van der Waals surface area contributed by atoms with Gasteiger partial charge in [-0.2, -0.15) is 0 Å². The van der Waals surface area contributed by atoms with Crippen molar-refractivity contribution >= 4 is 17.6 Å². The average molecular weight is 239 g/mol. The summed E-state index contributed by atoms with van der Waals surface area (Å²) in [7, 11) is 2.09. The SMILES string of the molecule is CCC(C=O)(CC)CN(C)Cc1cccs1. The lowest BCUT2D eigenvalue weighted by atomic mass is 9.83. The Hall–Kier alpha value is -0.670. The molecular weight excluding hydrogens is 218 g/mol. The van der Waals surface area contributed by atoms with E-state index < -0.39 is 0 Å². The summed E-state index contributed by atoms with van der Waals surface area (Å²) in [5.74, 6) is 0. The van der Waals surface area contributed by atoms with E-state index >= 15 is 0 Å². The van der Waals surface area contributed by atoms with E-state index in [2.05, 4.69) is 43.3 Å². The van der Waals surface area contributed by atoms with Gasteiger partial charge in [-0.25, -0.2) is 0 Å². The van der Waals surface area contributed by atoms with Crippen molar-refractivity contribution in [1.29, 1.82) is 0 Å². The molecule has 1 heterocycles. The number of rotatable bonds is 7. The summed E-state index contributed by atoms with van der Waals surface area (Å²) in [6, 6.07) is 4.21. The molecule has 0 saturated heterocycles. The Morgan fingerprint density at radius 2 is 2.12 bits per heavy atom. The fourth-order valence-corrected chi connectivity index (χ4v) is 2.72. The maximum Gasteiger partial charge on any atom is 0.127 e. The topological polar surface area (TPSA) is 20.3 Å². The summed E-state index contributed by atoms with van der Waals surface area (Å²) in [5, 5.41) is 2.09. The number of carbonyl (C=O) groups excluding carboxylic acids is 1. The number of hydrogen-bond acceptors (Lipinski definition) is 3. The highest BCUT2D eigenvalue weighted by Gasteiger charge is 2.27. The summed E-state index contributed by atoms with van der Waals surface area (Å²) in [5.41, 5.74) is -0.161. The maximum atomic E-state index is 11.2. The molecule has 0 aromatic carbocycles. The maximum absolute atomic E-state index is 11.2. The molecule has 0 unspecified atom stereocenters. The predicted molar refractivity (Wildman–Crippen MR) is 69.7 cm³/mol. The second-order valence-electron chi connectivity index (χ2n) is 4.44. The lowest BCUT2D eigenvalue weighted by molar-refractivity contribution is -0.117. The van der Waals surface area contributed by atoms with Crippen LogP contribution in [0.15, 0.2) is 17.5 Å². The van der Waals surface area contributed by atoms with Crippen LogP contribution >= 0.6 is 11.3 Å². The Labute approximate surface area is 102 Å². The number of carbonyl (C=O) groups is 1. The Kier molecular flexibility index (Phi) is 5.16. The normalized spacial score (nSPS) is 12.0. The van der Waals surface area contributed by atoms with Gasteiger partial charge in [0.15, 0.2) is 0 Å². The van der Waals surface area contributed by atoms with Crippen LogP contribution < -0.4 is 0 Å². The van der Waals surface area contributed by atoms with E-state index in [4.69, 9.17) is 0 Å². The van der Waals surface area contributed by atoms with E-state index in [1.165, 1.54) is 4.88 Å². The zero-order valence-corrected chi connectivity index (χ0v) is 11.2. The fraction of sp³-hybridized carbons (Fsp3) is 0.615.